The van der Waals surface area contributed by atoms with Crippen LogP contribution in [0.1, 0.15) is 46.0 Å². The van der Waals surface area contributed by atoms with Crippen LogP contribution in [0.4, 0.5) is 0 Å². The Bertz CT molecular complexity index is 268. The van der Waals surface area contributed by atoms with Crippen molar-refractivity contribution in [1.82, 2.24) is 0 Å². The van der Waals surface area contributed by atoms with Gasteiger partial charge in [0.1, 0.15) is 0 Å². The summed E-state index contributed by atoms with van der Waals surface area (Å²) in [5.41, 5.74) is -1.60. The SMILES string of the molecule is CC(C)C(C(=O)O)(C(=O)O)C1CCCCC1.[LiH]. The Labute approximate surface area is 114 Å². The van der Waals surface area contributed by atoms with Gasteiger partial charge in [-0.3, -0.25) is 9.59 Å². The number of carbonyl (C=O) groups is 2. The van der Waals surface area contributed by atoms with E-state index in [0.29, 0.717) is 0 Å². The minimum absolute atomic E-state index is 0. The van der Waals surface area contributed by atoms with Crippen LogP contribution in [0.15, 0.2) is 0 Å². The van der Waals surface area contributed by atoms with Crippen LogP contribution in [0.5, 0.6) is 0 Å². The molecule has 0 aromatic carbocycles. The molecule has 4 nitrogen and oxygen atoms in total. The van der Waals surface area contributed by atoms with Gasteiger partial charge in [0.05, 0.1) is 0 Å². The van der Waals surface area contributed by atoms with E-state index < -0.39 is 17.4 Å². The van der Waals surface area contributed by atoms with Gasteiger partial charge in [-0.05, 0) is 24.7 Å². The van der Waals surface area contributed by atoms with E-state index in [1.54, 1.807) is 13.8 Å². The number of aliphatic carboxylic acids is 2. The molecule has 5 heteroatoms. The topological polar surface area (TPSA) is 74.6 Å². The Balaban J connectivity index is 0.00000256. The van der Waals surface area contributed by atoms with Crippen molar-refractivity contribution in [2.75, 3.05) is 0 Å². The van der Waals surface area contributed by atoms with Crippen molar-refractivity contribution in [3.05, 3.63) is 0 Å². The zero-order valence-electron chi connectivity index (χ0n) is 9.90. The van der Waals surface area contributed by atoms with Gasteiger partial charge >= 0.3 is 30.8 Å². The molecule has 0 radical (unpaired) electrons. The number of carboxylic acid groups (broad SMARTS) is 2. The van der Waals surface area contributed by atoms with Gasteiger partial charge in [0.2, 0.25) is 0 Å². The molecule has 0 unspecified atom stereocenters. The first-order valence-electron chi connectivity index (χ1n) is 5.90. The summed E-state index contributed by atoms with van der Waals surface area (Å²) < 4.78 is 0. The molecule has 0 spiro atoms. The third-order valence-electron chi connectivity index (χ3n) is 3.87. The molecule has 0 aromatic heterocycles. The number of hydrogen-bond donors (Lipinski definition) is 2. The van der Waals surface area contributed by atoms with E-state index in [4.69, 9.17) is 0 Å². The zero-order valence-corrected chi connectivity index (χ0v) is 9.90. The zero-order chi connectivity index (χ0) is 12.3. The van der Waals surface area contributed by atoms with Crippen LogP contribution in [-0.2, 0) is 9.59 Å². The molecule has 0 amide bonds. The van der Waals surface area contributed by atoms with Crippen LogP contribution in [0.3, 0.4) is 0 Å². The summed E-state index contributed by atoms with van der Waals surface area (Å²) in [4.78, 5) is 22.8. The number of carboxylic acids is 2. The van der Waals surface area contributed by atoms with Gasteiger partial charge in [-0.1, -0.05) is 33.1 Å². The quantitative estimate of drug-likeness (QED) is 0.575. The minimum atomic E-state index is -1.60. The molecule has 2 N–H and O–H groups in total. The van der Waals surface area contributed by atoms with Crippen molar-refractivity contribution in [1.29, 1.82) is 0 Å². The Morgan fingerprint density at radius 1 is 1.06 bits per heavy atom. The molecular weight excluding hydrogens is 215 g/mol. The predicted molar refractivity (Wildman–Crippen MR) is 66.3 cm³/mol. The van der Waals surface area contributed by atoms with Crippen molar-refractivity contribution in [2.45, 2.75) is 46.0 Å². The summed E-state index contributed by atoms with van der Waals surface area (Å²) in [7, 11) is 0. The van der Waals surface area contributed by atoms with Crippen LogP contribution in [0.2, 0.25) is 0 Å². The van der Waals surface area contributed by atoms with Crippen LogP contribution < -0.4 is 0 Å². The van der Waals surface area contributed by atoms with Gasteiger partial charge in [-0.15, -0.1) is 0 Å². The molecule has 17 heavy (non-hydrogen) atoms. The van der Waals surface area contributed by atoms with E-state index >= 15 is 0 Å². The summed E-state index contributed by atoms with van der Waals surface area (Å²) >= 11 is 0. The van der Waals surface area contributed by atoms with Crippen LogP contribution in [0.25, 0.3) is 0 Å². The van der Waals surface area contributed by atoms with Gasteiger partial charge in [0.15, 0.2) is 5.41 Å². The van der Waals surface area contributed by atoms with E-state index in [9.17, 15) is 19.8 Å². The maximum atomic E-state index is 11.4. The third kappa shape index (κ3) is 2.86. The van der Waals surface area contributed by atoms with E-state index in [-0.39, 0.29) is 30.7 Å². The number of hydrogen-bond acceptors (Lipinski definition) is 2. The van der Waals surface area contributed by atoms with Gasteiger partial charge in [0, 0.05) is 0 Å². The van der Waals surface area contributed by atoms with E-state index in [0.717, 1.165) is 32.1 Å². The van der Waals surface area contributed by atoms with Crippen molar-refractivity contribution in [3.63, 3.8) is 0 Å². The summed E-state index contributed by atoms with van der Waals surface area (Å²) in [5.74, 6) is -2.97. The Kier molecular flexibility index (Phi) is 6.29. The van der Waals surface area contributed by atoms with Crippen molar-refractivity contribution >= 4 is 30.8 Å². The summed E-state index contributed by atoms with van der Waals surface area (Å²) in [6.07, 6.45) is 4.41. The van der Waals surface area contributed by atoms with E-state index in [1.807, 2.05) is 0 Å². The average Bonchev–Trinajstić information content (AvgIpc) is 2.18. The van der Waals surface area contributed by atoms with Gasteiger partial charge in [-0.2, -0.15) is 0 Å². The first kappa shape index (κ1) is 16.5. The fraction of sp³-hybridized carbons (Fsp3) is 0.833. The van der Waals surface area contributed by atoms with Gasteiger partial charge in [0.25, 0.3) is 0 Å². The molecule has 94 valence electrons. The van der Waals surface area contributed by atoms with E-state index in [1.165, 1.54) is 0 Å². The van der Waals surface area contributed by atoms with Crippen molar-refractivity contribution in [2.24, 2.45) is 17.3 Å². The van der Waals surface area contributed by atoms with E-state index in [2.05, 4.69) is 0 Å². The molecular formula is C12H21LiO4. The number of rotatable bonds is 4. The molecule has 0 aliphatic heterocycles. The Morgan fingerprint density at radius 3 is 1.76 bits per heavy atom. The van der Waals surface area contributed by atoms with Crippen molar-refractivity contribution < 1.29 is 19.8 Å². The molecule has 0 aromatic rings. The molecule has 1 rings (SSSR count). The summed E-state index contributed by atoms with van der Waals surface area (Å²) in [6.45, 7) is 3.38. The second-order valence-corrected chi connectivity index (χ2v) is 4.97. The van der Waals surface area contributed by atoms with Gasteiger partial charge in [-0.25, -0.2) is 0 Å². The standard InChI is InChI=1S/C12H20O4.Li.H/c1-8(2)12(10(13)14,11(15)16)9-6-4-3-5-7-9;;/h8-9H,3-7H2,1-2H3,(H,13,14)(H,15,16);;. The summed E-state index contributed by atoms with van der Waals surface area (Å²) in [6, 6.07) is 0. The monoisotopic (exact) mass is 236 g/mol. The van der Waals surface area contributed by atoms with Gasteiger partial charge < -0.3 is 10.2 Å². The third-order valence-corrected chi connectivity index (χ3v) is 3.87. The molecule has 1 aliphatic rings. The molecule has 0 heterocycles. The Morgan fingerprint density at radius 2 is 1.47 bits per heavy atom. The maximum absolute atomic E-state index is 11.4. The molecule has 0 bridgehead atoms. The normalized spacial score (nSPS) is 17.6. The summed E-state index contributed by atoms with van der Waals surface area (Å²) in [5, 5.41) is 18.7. The second kappa shape index (κ2) is 6.46. The first-order chi connectivity index (χ1) is 7.44. The molecule has 0 atom stereocenters. The average molecular weight is 236 g/mol. The molecule has 1 fully saturated rings. The Hall–Kier alpha value is -0.463. The second-order valence-electron chi connectivity index (χ2n) is 4.97. The molecule has 1 saturated carbocycles. The fourth-order valence-corrected chi connectivity index (χ4v) is 2.96. The van der Waals surface area contributed by atoms with Crippen LogP contribution in [0, 0.1) is 17.3 Å². The fourth-order valence-electron chi connectivity index (χ4n) is 2.96. The van der Waals surface area contributed by atoms with Crippen LogP contribution in [-0.4, -0.2) is 41.0 Å². The van der Waals surface area contributed by atoms with Crippen LogP contribution >= 0.6 is 0 Å². The molecule has 1 aliphatic carbocycles. The first-order valence-corrected chi connectivity index (χ1v) is 5.90. The predicted octanol–water partition coefficient (Wildman–Crippen LogP) is 1.73. The molecule has 0 saturated heterocycles. The van der Waals surface area contributed by atoms with Crippen molar-refractivity contribution in [3.8, 4) is 0 Å².